The SMILES string of the molecule is CC(C)CNC(=O)C(C)Nc1c(Br)cncc1[N+](=O)[O-]. The van der Waals surface area contributed by atoms with Crippen LogP contribution in [-0.2, 0) is 4.79 Å². The summed E-state index contributed by atoms with van der Waals surface area (Å²) in [5.41, 5.74) is 0.0695. The number of anilines is 1. The third kappa shape index (κ3) is 4.44. The third-order valence-electron chi connectivity index (χ3n) is 2.52. The molecule has 7 nitrogen and oxygen atoms in total. The van der Waals surface area contributed by atoms with E-state index in [1.807, 2.05) is 13.8 Å². The lowest BCUT2D eigenvalue weighted by molar-refractivity contribution is -0.384. The van der Waals surface area contributed by atoms with E-state index in [-0.39, 0.29) is 17.3 Å². The molecule has 1 atom stereocenters. The first-order valence-corrected chi connectivity index (χ1v) is 6.94. The Morgan fingerprint density at radius 1 is 1.45 bits per heavy atom. The maximum absolute atomic E-state index is 11.9. The molecule has 0 bridgehead atoms. The molecule has 2 N–H and O–H groups in total. The molecule has 1 rings (SSSR count). The highest BCUT2D eigenvalue weighted by Gasteiger charge is 2.21. The molecule has 1 unspecified atom stereocenters. The number of nitrogens with zero attached hydrogens (tertiary/aromatic N) is 2. The van der Waals surface area contributed by atoms with Gasteiger partial charge in [0.1, 0.15) is 17.9 Å². The maximum Gasteiger partial charge on any atom is 0.311 e. The van der Waals surface area contributed by atoms with Crippen molar-refractivity contribution in [1.29, 1.82) is 0 Å². The van der Waals surface area contributed by atoms with Gasteiger partial charge in [0.15, 0.2) is 0 Å². The molecule has 20 heavy (non-hydrogen) atoms. The molecule has 0 saturated carbocycles. The molecule has 0 saturated heterocycles. The largest absolute Gasteiger partial charge is 0.367 e. The van der Waals surface area contributed by atoms with Gasteiger partial charge in [-0.05, 0) is 28.8 Å². The van der Waals surface area contributed by atoms with Gasteiger partial charge in [-0.25, -0.2) is 0 Å². The summed E-state index contributed by atoms with van der Waals surface area (Å²) in [5.74, 6) is 0.129. The van der Waals surface area contributed by atoms with Crippen LogP contribution in [-0.4, -0.2) is 28.4 Å². The fourth-order valence-electron chi connectivity index (χ4n) is 1.45. The summed E-state index contributed by atoms with van der Waals surface area (Å²) in [4.78, 5) is 26.0. The van der Waals surface area contributed by atoms with Crippen molar-refractivity contribution in [1.82, 2.24) is 10.3 Å². The van der Waals surface area contributed by atoms with Gasteiger partial charge in [-0.15, -0.1) is 0 Å². The van der Waals surface area contributed by atoms with Gasteiger partial charge in [0.05, 0.1) is 9.40 Å². The number of hydrogen-bond acceptors (Lipinski definition) is 5. The van der Waals surface area contributed by atoms with Crippen LogP contribution >= 0.6 is 15.9 Å². The Morgan fingerprint density at radius 3 is 2.65 bits per heavy atom. The molecular formula is C12H17BrN4O3. The molecule has 0 radical (unpaired) electrons. The fourth-order valence-corrected chi connectivity index (χ4v) is 1.88. The lowest BCUT2D eigenvalue weighted by atomic mass is 10.2. The topological polar surface area (TPSA) is 97.2 Å². The summed E-state index contributed by atoms with van der Waals surface area (Å²) in [6, 6.07) is -0.592. The van der Waals surface area contributed by atoms with Crippen molar-refractivity contribution < 1.29 is 9.72 Å². The van der Waals surface area contributed by atoms with E-state index in [2.05, 4.69) is 31.5 Å². The zero-order valence-corrected chi connectivity index (χ0v) is 13.1. The van der Waals surface area contributed by atoms with Crippen LogP contribution in [0.5, 0.6) is 0 Å². The van der Waals surface area contributed by atoms with E-state index < -0.39 is 11.0 Å². The average molecular weight is 345 g/mol. The predicted molar refractivity (Wildman–Crippen MR) is 79.5 cm³/mol. The molecule has 1 heterocycles. The second kappa shape index (κ2) is 7.18. The molecule has 110 valence electrons. The highest BCUT2D eigenvalue weighted by molar-refractivity contribution is 9.10. The standard InChI is InChI=1S/C12H17BrN4O3/c1-7(2)4-15-12(18)8(3)16-11-9(13)5-14-6-10(11)17(19)20/h5-8H,4H2,1-3H3,(H,14,16)(H,15,18). The van der Waals surface area contributed by atoms with Crippen molar-refractivity contribution in [3.63, 3.8) is 0 Å². The van der Waals surface area contributed by atoms with Crippen LogP contribution in [0.3, 0.4) is 0 Å². The van der Waals surface area contributed by atoms with Crippen LogP contribution in [0.4, 0.5) is 11.4 Å². The van der Waals surface area contributed by atoms with Crippen LogP contribution in [0.2, 0.25) is 0 Å². The molecule has 0 fully saturated rings. The predicted octanol–water partition coefficient (Wildman–Crippen LogP) is 2.32. The molecule has 8 heteroatoms. The number of nitrogens with one attached hydrogen (secondary N) is 2. The zero-order chi connectivity index (χ0) is 15.3. The van der Waals surface area contributed by atoms with Crippen LogP contribution in [0.1, 0.15) is 20.8 Å². The number of carbonyl (C=O) groups is 1. The van der Waals surface area contributed by atoms with Gasteiger partial charge in [-0.2, -0.15) is 0 Å². The van der Waals surface area contributed by atoms with E-state index in [0.717, 1.165) is 6.20 Å². The Hall–Kier alpha value is -1.70. The normalized spacial score (nSPS) is 12.1. The Morgan fingerprint density at radius 2 is 2.10 bits per heavy atom. The molecule has 1 amide bonds. The number of halogens is 1. The number of rotatable bonds is 6. The van der Waals surface area contributed by atoms with Gasteiger partial charge in [0, 0.05) is 12.7 Å². The molecule has 0 aliphatic carbocycles. The molecule has 0 aliphatic rings. The summed E-state index contributed by atoms with van der Waals surface area (Å²) >= 11 is 3.19. The Kier molecular flexibility index (Phi) is 5.87. The molecule has 1 aromatic heterocycles. The van der Waals surface area contributed by atoms with Crippen molar-refractivity contribution in [2.24, 2.45) is 5.92 Å². The Balaban J connectivity index is 2.82. The van der Waals surface area contributed by atoms with Crippen molar-refractivity contribution in [3.05, 3.63) is 27.0 Å². The number of aromatic nitrogens is 1. The van der Waals surface area contributed by atoms with E-state index in [1.165, 1.54) is 6.20 Å². The van der Waals surface area contributed by atoms with Crippen LogP contribution in [0.25, 0.3) is 0 Å². The smallest absolute Gasteiger partial charge is 0.311 e. The van der Waals surface area contributed by atoms with Crippen LogP contribution < -0.4 is 10.6 Å². The number of amides is 1. The fraction of sp³-hybridized carbons (Fsp3) is 0.500. The van der Waals surface area contributed by atoms with Crippen molar-refractivity contribution in [2.75, 3.05) is 11.9 Å². The second-order valence-corrected chi connectivity index (χ2v) is 5.63. The van der Waals surface area contributed by atoms with E-state index in [9.17, 15) is 14.9 Å². The molecule has 0 aromatic carbocycles. The summed E-state index contributed by atoms with van der Waals surface area (Å²) in [6.45, 7) is 6.18. The first kappa shape index (κ1) is 16.4. The lowest BCUT2D eigenvalue weighted by Gasteiger charge is -2.16. The summed E-state index contributed by atoms with van der Waals surface area (Å²) in [7, 11) is 0. The summed E-state index contributed by atoms with van der Waals surface area (Å²) in [5, 5.41) is 16.6. The second-order valence-electron chi connectivity index (χ2n) is 4.78. The minimum atomic E-state index is -0.592. The molecule has 0 spiro atoms. The van der Waals surface area contributed by atoms with E-state index in [1.54, 1.807) is 6.92 Å². The van der Waals surface area contributed by atoms with Gasteiger partial charge < -0.3 is 10.6 Å². The van der Waals surface area contributed by atoms with Crippen molar-refractivity contribution >= 4 is 33.2 Å². The monoisotopic (exact) mass is 344 g/mol. The quantitative estimate of drug-likeness (QED) is 0.609. The highest BCUT2D eigenvalue weighted by atomic mass is 79.9. The van der Waals surface area contributed by atoms with E-state index in [0.29, 0.717) is 16.9 Å². The van der Waals surface area contributed by atoms with Crippen molar-refractivity contribution in [2.45, 2.75) is 26.8 Å². The van der Waals surface area contributed by atoms with Gasteiger partial charge in [-0.1, -0.05) is 13.8 Å². The third-order valence-corrected chi connectivity index (χ3v) is 3.12. The van der Waals surface area contributed by atoms with Gasteiger partial charge in [0.2, 0.25) is 5.91 Å². The molecular weight excluding hydrogens is 328 g/mol. The van der Waals surface area contributed by atoms with Gasteiger partial charge in [0.25, 0.3) is 0 Å². The minimum Gasteiger partial charge on any atom is -0.367 e. The number of nitro groups is 1. The minimum absolute atomic E-state index is 0.178. The molecule has 0 aliphatic heterocycles. The summed E-state index contributed by atoms with van der Waals surface area (Å²) < 4.78 is 0.440. The highest BCUT2D eigenvalue weighted by Crippen LogP contribution is 2.31. The van der Waals surface area contributed by atoms with E-state index >= 15 is 0 Å². The Labute approximate surface area is 125 Å². The molecule has 1 aromatic rings. The lowest BCUT2D eigenvalue weighted by Crippen LogP contribution is -2.39. The van der Waals surface area contributed by atoms with Crippen LogP contribution in [0, 0.1) is 16.0 Å². The average Bonchev–Trinajstić information content (AvgIpc) is 2.37. The number of pyridine rings is 1. The maximum atomic E-state index is 11.9. The first-order valence-electron chi connectivity index (χ1n) is 6.15. The van der Waals surface area contributed by atoms with Crippen molar-refractivity contribution in [3.8, 4) is 0 Å². The van der Waals surface area contributed by atoms with E-state index in [4.69, 9.17) is 0 Å². The van der Waals surface area contributed by atoms with Gasteiger partial charge in [-0.3, -0.25) is 19.9 Å². The van der Waals surface area contributed by atoms with Gasteiger partial charge >= 0.3 is 5.69 Å². The Bertz CT molecular complexity index is 507. The number of carbonyl (C=O) groups excluding carboxylic acids is 1. The zero-order valence-electron chi connectivity index (χ0n) is 11.5. The first-order chi connectivity index (χ1) is 9.32. The summed E-state index contributed by atoms with van der Waals surface area (Å²) in [6.07, 6.45) is 2.58. The number of hydrogen-bond donors (Lipinski definition) is 2. The van der Waals surface area contributed by atoms with Crippen LogP contribution in [0.15, 0.2) is 16.9 Å².